The minimum Gasteiger partial charge on any atom is -0.497 e. The molecule has 1 fully saturated rings. The van der Waals surface area contributed by atoms with E-state index in [1.54, 1.807) is 32.4 Å². The number of hydrogen-bond donors (Lipinski definition) is 1. The molecule has 1 aliphatic carbocycles. The second-order valence-corrected chi connectivity index (χ2v) is 4.62. The van der Waals surface area contributed by atoms with Gasteiger partial charge in [0.15, 0.2) is 0 Å². The standard InChI is InChI=1S/C14H20N2O3/c1-18-12-7-10(8-13(9-12)19-2)14(17)16(6-5-15)11-3-4-11/h7-9,11H,3-6,15H2,1-2H3. The molecule has 5 heteroatoms. The van der Waals surface area contributed by atoms with Gasteiger partial charge in [-0.05, 0) is 25.0 Å². The minimum absolute atomic E-state index is 0.00912. The van der Waals surface area contributed by atoms with Crippen LogP contribution in [0.15, 0.2) is 18.2 Å². The molecule has 2 rings (SSSR count). The highest BCUT2D eigenvalue weighted by Crippen LogP contribution is 2.30. The summed E-state index contributed by atoms with van der Waals surface area (Å²) < 4.78 is 10.4. The van der Waals surface area contributed by atoms with Crippen molar-refractivity contribution >= 4 is 5.91 Å². The molecule has 0 radical (unpaired) electrons. The second-order valence-electron chi connectivity index (χ2n) is 4.62. The third kappa shape index (κ3) is 3.17. The van der Waals surface area contributed by atoms with Crippen molar-refractivity contribution in [2.45, 2.75) is 18.9 Å². The summed E-state index contributed by atoms with van der Waals surface area (Å²) in [4.78, 5) is 14.4. The van der Waals surface area contributed by atoms with Crippen LogP contribution in [-0.4, -0.2) is 44.2 Å². The Morgan fingerprint density at radius 3 is 2.26 bits per heavy atom. The maximum absolute atomic E-state index is 12.5. The van der Waals surface area contributed by atoms with Crippen LogP contribution in [0.4, 0.5) is 0 Å². The number of rotatable bonds is 6. The van der Waals surface area contributed by atoms with E-state index in [2.05, 4.69) is 0 Å². The van der Waals surface area contributed by atoms with E-state index in [0.717, 1.165) is 12.8 Å². The molecule has 1 aliphatic rings. The van der Waals surface area contributed by atoms with Crippen LogP contribution in [0.2, 0.25) is 0 Å². The zero-order valence-corrected chi connectivity index (χ0v) is 11.4. The van der Waals surface area contributed by atoms with Crippen molar-refractivity contribution in [1.82, 2.24) is 4.90 Å². The number of hydrogen-bond acceptors (Lipinski definition) is 4. The highest BCUT2D eigenvalue weighted by Gasteiger charge is 2.32. The van der Waals surface area contributed by atoms with Crippen molar-refractivity contribution in [2.24, 2.45) is 5.73 Å². The van der Waals surface area contributed by atoms with Crippen molar-refractivity contribution in [3.63, 3.8) is 0 Å². The van der Waals surface area contributed by atoms with E-state index < -0.39 is 0 Å². The fourth-order valence-electron chi connectivity index (χ4n) is 2.07. The molecule has 0 saturated heterocycles. The maximum Gasteiger partial charge on any atom is 0.254 e. The van der Waals surface area contributed by atoms with Gasteiger partial charge in [-0.1, -0.05) is 0 Å². The van der Waals surface area contributed by atoms with E-state index in [1.165, 1.54) is 0 Å². The van der Waals surface area contributed by atoms with Crippen LogP contribution < -0.4 is 15.2 Å². The Labute approximate surface area is 113 Å². The SMILES string of the molecule is COc1cc(OC)cc(C(=O)N(CCN)C2CC2)c1. The predicted molar refractivity (Wildman–Crippen MR) is 72.7 cm³/mol. The van der Waals surface area contributed by atoms with Gasteiger partial charge < -0.3 is 20.1 Å². The van der Waals surface area contributed by atoms with Gasteiger partial charge in [0.1, 0.15) is 11.5 Å². The zero-order chi connectivity index (χ0) is 13.8. The van der Waals surface area contributed by atoms with Gasteiger partial charge in [0.25, 0.3) is 5.91 Å². The van der Waals surface area contributed by atoms with Crippen LogP contribution in [0.3, 0.4) is 0 Å². The molecule has 0 atom stereocenters. The third-order valence-electron chi connectivity index (χ3n) is 3.22. The van der Waals surface area contributed by atoms with Crippen molar-refractivity contribution in [3.05, 3.63) is 23.8 Å². The number of nitrogens with zero attached hydrogens (tertiary/aromatic N) is 1. The van der Waals surface area contributed by atoms with E-state index in [0.29, 0.717) is 36.2 Å². The summed E-state index contributed by atoms with van der Waals surface area (Å²) in [6.07, 6.45) is 2.12. The van der Waals surface area contributed by atoms with Gasteiger partial charge in [-0.2, -0.15) is 0 Å². The van der Waals surface area contributed by atoms with E-state index in [4.69, 9.17) is 15.2 Å². The van der Waals surface area contributed by atoms with Crippen LogP contribution in [0.25, 0.3) is 0 Å². The molecule has 0 unspecified atom stereocenters. The largest absolute Gasteiger partial charge is 0.497 e. The fraction of sp³-hybridized carbons (Fsp3) is 0.500. The lowest BCUT2D eigenvalue weighted by Crippen LogP contribution is -2.37. The first-order valence-corrected chi connectivity index (χ1v) is 6.43. The number of ether oxygens (including phenoxy) is 2. The minimum atomic E-state index is -0.00912. The predicted octanol–water partition coefficient (Wildman–Crippen LogP) is 1.27. The highest BCUT2D eigenvalue weighted by molar-refractivity contribution is 5.95. The number of amides is 1. The fourth-order valence-corrected chi connectivity index (χ4v) is 2.07. The first-order chi connectivity index (χ1) is 9.19. The molecule has 19 heavy (non-hydrogen) atoms. The van der Waals surface area contributed by atoms with Crippen molar-refractivity contribution in [2.75, 3.05) is 27.3 Å². The Hall–Kier alpha value is -1.75. The Morgan fingerprint density at radius 1 is 1.26 bits per heavy atom. The molecule has 0 spiro atoms. The number of carbonyl (C=O) groups excluding carboxylic acids is 1. The molecule has 0 heterocycles. The molecular formula is C14H20N2O3. The smallest absolute Gasteiger partial charge is 0.254 e. The van der Waals surface area contributed by atoms with Gasteiger partial charge in [0.05, 0.1) is 14.2 Å². The normalized spacial score (nSPS) is 14.1. The van der Waals surface area contributed by atoms with Crippen LogP contribution >= 0.6 is 0 Å². The molecule has 2 N–H and O–H groups in total. The average molecular weight is 264 g/mol. The summed E-state index contributed by atoms with van der Waals surface area (Å²) in [6, 6.07) is 5.56. The quantitative estimate of drug-likeness (QED) is 0.840. The molecule has 0 aliphatic heterocycles. The summed E-state index contributed by atoms with van der Waals surface area (Å²) in [7, 11) is 3.14. The van der Waals surface area contributed by atoms with Gasteiger partial charge >= 0.3 is 0 Å². The Morgan fingerprint density at radius 2 is 1.84 bits per heavy atom. The monoisotopic (exact) mass is 264 g/mol. The summed E-state index contributed by atoms with van der Waals surface area (Å²) in [6.45, 7) is 1.06. The molecule has 1 amide bonds. The lowest BCUT2D eigenvalue weighted by atomic mass is 10.1. The number of benzene rings is 1. The van der Waals surface area contributed by atoms with E-state index in [9.17, 15) is 4.79 Å². The molecule has 104 valence electrons. The van der Waals surface area contributed by atoms with Crippen LogP contribution in [0, 0.1) is 0 Å². The maximum atomic E-state index is 12.5. The molecular weight excluding hydrogens is 244 g/mol. The second kappa shape index (κ2) is 5.93. The van der Waals surface area contributed by atoms with Gasteiger partial charge in [-0.15, -0.1) is 0 Å². The summed E-state index contributed by atoms with van der Waals surface area (Å²) in [5.41, 5.74) is 6.16. The van der Waals surface area contributed by atoms with Gasteiger partial charge in [0.2, 0.25) is 0 Å². The number of nitrogens with two attached hydrogens (primary N) is 1. The molecule has 1 aromatic carbocycles. The Bertz CT molecular complexity index is 436. The van der Waals surface area contributed by atoms with Crippen molar-refractivity contribution in [1.29, 1.82) is 0 Å². The lowest BCUT2D eigenvalue weighted by molar-refractivity contribution is 0.0747. The molecule has 0 bridgehead atoms. The number of methoxy groups -OCH3 is 2. The Kier molecular flexibility index (Phi) is 4.27. The topological polar surface area (TPSA) is 64.8 Å². The number of carbonyl (C=O) groups is 1. The van der Waals surface area contributed by atoms with Gasteiger partial charge in [0, 0.05) is 30.8 Å². The lowest BCUT2D eigenvalue weighted by Gasteiger charge is -2.22. The summed E-state index contributed by atoms with van der Waals surface area (Å²) >= 11 is 0. The highest BCUT2D eigenvalue weighted by atomic mass is 16.5. The molecule has 1 aromatic rings. The van der Waals surface area contributed by atoms with Gasteiger partial charge in [-0.25, -0.2) is 0 Å². The van der Waals surface area contributed by atoms with Crippen molar-refractivity contribution < 1.29 is 14.3 Å². The van der Waals surface area contributed by atoms with E-state index in [1.807, 2.05) is 4.90 Å². The molecule has 0 aromatic heterocycles. The zero-order valence-electron chi connectivity index (χ0n) is 11.4. The Balaban J connectivity index is 2.25. The molecule has 1 saturated carbocycles. The first kappa shape index (κ1) is 13.7. The average Bonchev–Trinajstić information content (AvgIpc) is 3.27. The summed E-state index contributed by atoms with van der Waals surface area (Å²) in [5, 5.41) is 0. The first-order valence-electron chi connectivity index (χ1n) is 6.43. The van der Waals surface area contributed by atoms with Gasteiger partial charge in [-0.3, -0.25) is 4.79 Å². The van der Waals surface area contributed by atoms with E-state index >= 15 is 0 Å². The van der Waals surface area contributed by atoms with Crippen molar-refractivity contribution in [3.8, 4) is 11.5 Å². The molecule has 5 nitrogen and oxygen atoms in total. The summed E-state index contributed by atoms with van der Waals surface area (Å²) in [5.74, 6) is 1.22. The van der Waals surface area contributed by atoms with Crippen LogP contribution in [-0.2, 0) is 0 Å². The third-order valence-corrected chi connectivity index (χ3v) is 3.22. The van der Waals surface area contributed by atoms with Crippen LogP contribution in [0.5, 0.6) is 11.5 Å². The van der Waals surface area contributed by atoms with Crippen LogP contribution in [0.1, 0.15) is 23.2 Å². The van der Waals surface area contributed by atoms with E-state index in [-0.39, 0.29) is 5.91 Å².